The molecule has 19 heavy (non-hydrogen) atoms. The van der Waals surface area contributed by atoms with Crippen molar-refractivity contribution < 1.29 is 19.3 Å². The summed E-state index contributed by atoms with van der Waals surface area (Å²) in [4.78, 5) is 20.9. The molecule has 9 heteroatoms. The summed E-state index contributed by atoms with van der Waals surface area (Å²) >= 11 is 4.31. The van der Waals surface area contributed by atoms with Gasteiger partial charge in [-0.05, 0) is 28.1 Å². The predicted octanol–water partition coefficient (Wildman–Crippen LogP) is 2.67. The van der Waals surface area contributed by atoms with Crippen LogP contribution < -0.4 is 0 Å². The van der Waals surface area contributed by atoms with Crippen LogP contribution in [0.5, 0.6) is 0 Å². The van der Waals surface area contributed by atoms with Gasteiger partial charge in [-0.1, -0.05) is 10.3 Å². The van der Waals surface area contributed by atoms with E-state index in [0.717, 1.165) is 11.3 Å². The third-order valence-electron chi connectivity index (χ3n) is 2.39. The van der Waals surface area contributed by atoms with Gasteiger partial charge in [-0.15, -0.1) is 11.3 Å². The summed E-state index contributed by atoms with van der Waals surface area (Å²) in [5.41, 5.74) is 0. The highest BCUT2D eigenvalue weighted by Gasteiger charge is 2.27. The SMILES string of the molecule is O=C(O)c1ccc(-c2noc(C3CC(Br)=NO3)n2)s1. The molecule has 3 heterocycles. The molecular formula is C10H6BrN3O4S. The Kier molecular flexibility index (Phi) is 3.07. The lowest BCUT2D eigenvalue weighted by Gasteiger charge is -1.98. The van der Waals surface area contributed by atoms with E-state index in [1.807, 2.05) is 0 Å². The van der Waals surface area contributed by atoms with Crippen molar-refractivity contribution in [2.45, 2.75) is 12.5 Å². The standard InChI is InChI=1S/C10H6BrN3O4S/c11-7-3-4(17-13-7)9-12-8(14-18-9)5-1-2-6(19-5)10(15)16/h1-2,4H,3H2,(H,15,16). The topological polar surface area (TPSA) is 97.8 Å². The smallest absolute Gasteiger partial charge is 0.345 e. The zero-order valence-electron chi connectivity index (χ0n) is 9.24. The van der Waals surface area contributed by atoms with Crippen LogP contribution in [-0.4, -0.2) is 25.8 Å². The van der Waals surface area contributed by atoms with Crippen molar-refractivity contribution in [2.24, 2.45) is 5.16 Å². The molecular weight excluding hydrogens is 338 g/mol. The zero-order chi connectivity index (χ0) is 13.4. The van der Waals surface area contributed by atoms with E-state index in [2.05, 4.69) is 31.2 Å². The molecule has 3 rings (SSSR count). The first-order valence-electron chi connectivity index (χ1n) is 5.19. The quantitative estimate of drug-likeness (QED) is 0.919. The van der Waals surface area contributed by atoms with Gasteiger partial charge in [-0.3, -0.25) is 0 Å². The van der Waals surface area contributed by atoms with Crippen molar-refractivity contribution in [1.29, 1.82) is 0 Å². The van der Waals surface area contributed by atoms with Crippen molar-refractivity contribution in [3.8, 4) is 10.7 Å². The van der Waals surface area contributed by atoms with Crippen molar-refractivity contribution >= 4 is 37.9 Å². The second-order valence-electron chi connectivity index (χ2n) is 3.69. The van der Waals surface area contributed by atoms with E-state index in [9.17, 15) is 4.79 Å². The largest absolute Gasteiger partial charge is 0.477 e. The maximum atomic E-state index is 10.8. The van der Waals surface area contributed by atoms with Crippen LogP contribution in [0.3, 0.4) is 0 Å². The predicted molar refractivity (Wildman–Crippen MR) is 69.4 cm³/mol. The lowest BCUT2D eigenvalue weighted by atomic mass is 10.3. The van der Waals surface area contributed by atoms with E-state index >= 15 is 0 Å². The Balaban J connectivity index is 1.82. The van der Waals surface area contributed by atoms with Crippen LogP contribution in [0.15, 0.2) is 21.8 Å². The van der Waals surface area contributed by atoms with Gasteiger partial charge in [0.15, 0.2) is 0 Å². The monoisotopic (exact) mass is 343 g/mol. The van der Waals surface area contributed by atoms with Crippen LogP contribution in [0, 0.1) is 0 Å². The van der Waals surface area contributed by atoms with E-state index in [0.29, 0.717) is 27.6 Å². The summed E-state index contributed by atoms with van der Waals surface area (Å²) in [7, 11) is 0. The molecule has 0 aromatic carbocycles. The first-order valence-corrected chi connectivity index (χ1v) is 6.80. The summed E-state index contributed by atoms with van der Waals surface area (Å²) in [5.74, 6) is -0.311. The highest BCUT2D eigenvalue weighted by atomic mass is 79.9. The van der Waals surface area contributed by atoms with Gasteiger partial charge >= 0.3 is 5.97 Å². The Hall–Kier alpha value is -1.74. The molecule has 2 aromatic heterocycles. The molecule has 0 amide bonds. The second kappa shape index (κ2) is 4.74. The number of rotatable bonds is 3. The summed E-state index contributed by atoms with van der Waals surface area (Å²) in [6.45, 7) is 0. The molecule has 1 atom stereocenters. The van der Waals surface area contributed by atoms with E-state index in [1.165, 1.54) is 6.07 Å². The van der Waals surface area contributed by atoms with Gasteiger partial charge in [-0.25, -0.2) is 4.79 Å². The molecule has 1 aliphatic rings. The number of carbonyl (C=O) groups is 1. The fraction of sp³-hybridized carbons (Fsp3) is 0.200. The molecule has 0 fully saturated rings. The number of carboxylic acid groups (broad SMARTS) is 1. The van der Waals surface area contributed by atoms with Gasteiger partial charge in [0.1, 0.15) is 9.50 Å². The minimum atomic E-state index is -0.976. The molecule has 98 valence electrons. The van der Waals surface area contributed by atoms with Crippen LogP contribution in [0.1, 0.15) is 28.1 Å². The number of halogens is 1. The maximum Gasteiger partial charge on any atom is 0.345 e. The highest BCUT2D eigenvalue weighted by molar-refractivity contribution is 9.18. The van der Waals surface area contributed by atoms with E-state index < -0.39 is 12.1 Å². The van der Waals surface area contributed by atoms with E-state index in [-0.39, 0.29) is 4.88 Å². The molecule has 2 aromatic rings. The average molecular weight is 344 g/mol. The average Bonchev–Trinajstić information content (AvgIpc) is 3.07. The molecule has 0 aliphatic carbocycles. The Morgan fingerprint density at radius 1 is 1.53 bits per heavy atom. The minimum absolute atomic E-state index is 0.226. The number of thiophene rings is 1. The Bertz CT molecular complexity index is 665. The lowest BCUT2D eigenvalue weighted by molar-refractivity contribution is 0.0599. The van der Waals surface area contributed by atoms with Crippen molar-refractivity contribution in [3.63, 3.8) is 0 Å². The fourth-order valence-corrected chi connectivity index (χ4v) is 2.67. The Morgan fingerprint density at radius 3 is 3.00 bits per heavy atom. The summed E-state index contributed by atoms with van der Waals surface area (Å²) in [5, 5.41) is 16.4. The maximum absolute atomic E-state index is 10.8. The second-order valence-corrected chi connectivity index (χ2v) is 5.69. The van der Waals surface area contributed by atoms with Crippen LogP contribution in [0.2, 0.25) is 0 Å². The number of carboxylic acids is 1. The molecule has 1 unspecified atom stereocenters. The summed E-state index contributed by atoms with van der Waals surface area (Å²) in [6.07, 6.45) is 0.140. The van der Waals surface area contributed by atoms with Gasteiger partial charge in [-0.2, -0.15) is 4.98 Å². The Morgan fingerprint density at radius 2 is 2.37 bits per heavy atom. The molecule has 1 aliphatic heterocycles. The van der Waals surface area contributed by atoms with Crippen molar-refractivity contribution in [2.75, 3.05) is 0 Å². The van der Waals surface area contributed by atoms with Gasteiger partial charge in [0.2, 0.25) is 11.9 Å². The molecule has 7 nitrogen and oxygen atoms in total. The number of nitrogens with zero attached hydrogens (tertiary/aromatic N) is 3. The van der Waals surface area contributed by atoms with Crippen LogP contribution in [0.25, 0.3) is 10.7 Å². The summed E-state index contributed by atoms with van der Waals surface area (Å²) < 4.78 is 5.78. The highest BCUT2D eigenvalue weighted by Crippen LogP contribution is 2.31. The number of oxime groups is 1. The molecule has 0 radical (unpaired) electrons. The molecule has 0 saturated heterocycles. The van der Waals surface area contributed by atoms with Crippen molar-refractivity contribution in [1.82, 2.24) is 10.1 Å². The number of hydrogen-bond acceptors (Lipinski definition) is 7. The van der Waals surface area contributed by atoms with Crippen LogP contribution in [-0.2, 0) is 4.84 Å². The molecule has 0 saturated carbocycles. The molecule has 1 N–H and O–H groups in total. The minimum Gasteiger partial charge on any atom is -0.477 e. The first-order chi connectivity index (χ1) is 9.13. The normalized spacial score (nSPS) is 18.2. The molecule has 0 spiro atoms. The fourth-order valence-electron chi connectivity index (χ4n) is 1.52. The third kappa shape index (κ3) is 2.38. The summed E-state index contributed by atoms with van der Waals surface area (Å²) in [6, 6.07) is 3.15. The number of aromatic carboxylic acids is 1. The van der Waals surface area contributed by atoms with Gasteiger partial charge in [0.05, 0.1) is 4.88 Å². The van der Waals surface area contributed by atoms with Gasteiger partial charge < -0.3 is 14.5 Å². The van der Waals surface area contributed by atoms with Gasteiger partial charge in [0.25, 0.3) is 5.89 Å². The first kappa shape index (κ1) is 12.3. The van der Waals surface area contributed by atoms with E-state index in [4.69, 9.17) is 14.5 Å². The molecule has 0 bridgehead atoms. The van der Waals surface area contributed by atoms with Crippen LogP contribution >= 0.6 is 27.3 Å². The third-order valence-corrected chi connectivity index (χ3v) is 3.92. The van der Waals surface area contributed by atoms with Crippen molar-refractivity contribution in [3.05, 3.63) is 22.9 Å². The zero-order valence-corrected chi connectivity index (χ0v) is 11.6. The number of aromatic nitrogens is 2. The van der Waals surface area contributed by atoms with E-state index in [1.54, 1.807) is 6.07 Å². The Labute approximate surface area is 119 Å². The lowest BCUT2D eigenvalue weighted by Crippen LogP contribution is -1.97. The van der Waals surface area contributed by atoms with Crippen LogP contribution in [0.4, 0.5) is 0 Å². The van der Waals surface area contributed by atoms with Gasteiger partial charge in [0, 0.05) is 6.42 Å². The number of hydrogen-bond donors (Lipinski definition) is 1.